The normalized spacial score (nSPS) is 16.4. The molecule has 0 radical (unpaired) electrons. The Morgan fingerprint density at radius 3 is 2.62 bits per heavy atom. The first kappa shape index (κ1) is 18.5. The number of ether oxygens (including phenoxy) is 1. The molecule has 0 saturated heterocycles. The van der Waals surface area contributed by atoms with E-state index in [2.05, 4.69) is 4.98 Å². The van der Waals surface area contributed by atoms with Crippen LogP contribution in [0.1, 0.15) is 27.7 Å². The van der Waals surface area contributed by atoms with Crippen molar-refractivity contribution in [3.63, 3.8) is 0 Å². The second kappa shape index (κ2) is 7.63. The van der Waals surface area contributed by atoms with Crippen LogP contribution in [0.5, 0.6) is 5.75 Å². The van der Waals surface area contributed by atoms with Crippen molar-refractivity contribution in [3.05, 3.63) is 95.4 Å². The number of ketones is 1. The highest BCUT2D eigenvalue weighted by Crippen LogP contribution is 2.43. The van der Waals surface area contributed by atoms with Crippen LogP contribution in [0.25, 0.3) is 0 Å². The Balaban J connectivity index is 1.84. The van der Waals surface area contributed by atoms with Crippen LogP contribution in [-0.2, 0) is 11.3 Å². The summed E-state index contributed by atoms with van der Waals surface area (Å²) in [5.41, 5.74) is 1.37. The van der Waals surface area contributed by atoms with Crippen LogP contribution >= 0.6 is 0 Å². The summed E-state index contributed by atoms with van der Waals surface area (Å²) in [6, 6.07) is 12.9. The number of furan rings is 1. The number of aromatic nitrogens is 1. The van der Waals surface area contributed by atoms with E-state index < -0.39 is 23.5 Å². The van der Waals surface area contributed by atoms with Crippen molar-refractivity contribution in [2.45, 2.75) is 12.6 Å². The molecule has 1 aromatic carbocycles. The summed E-state index contributed by atoms with van der Waals surface area (Å²) < 4.78 is 10.7. The van der Waals surface area contributed by atoms with Gasteiger partial charge in [-0.3, -0.25) is 14.6 Å². The van der Waals surface area contributed by atoms with Gasteiger partial charge >= 0.3 is 0 Å². The van der Waals surface area contributed by atoms with E-state index >= 15 is 0 Å². The van der Waals surface area contributed by atoms with Crippen LogP contribution in [0.15, 0.2) is 82.9 Å². The van der Waals surface area contributed by atoms with Crippen molar-refractivity contribution >= 4 is 11.7 Å². The third kappa shape index (κ3) is 3.27. The summed E-state index contributed by atoms with van der Waals surface area (Å²) in [6.07, 6.45) is 4.61. The standard InChI is InChI=1S/C22H18N2O5/c1-28-16-6-3-2-5-15(16)19-18(20(25)17-7-4-12-29-17)21(26)22(27)24(19)13-14-8-10-23-11-9-14/h2-12,19,26H,13H2,1H3. The first-order valence-electron chi connectivity index (χ1n) is 8.96. The number of carbonyl (C=O) groups is 2. The molecule has 7 nitrogen and oxygen atoms in total. The van der Waals surface area contributed by atoms with Crippen molar-refractivity contribution in [2.24, 2.45) is 0 Å². The molecule has 1 aliphatic rings. The number of pyridine rings is 1. The quantitative estimate of drug-likeness (QED) is 0.648. The van der Waals surface area contributed by atoms with E-state index in [4.69, 9.17) is 9.15 Å². The average molecular weight is 390 g/mol. The summed E-state index contributed by atoms with van der Waals surface area (Å²) in [6.45, 7) is 0.184. The van der Waals surface area contributed by atoms with Gasteiger partial charge in [0.05, 0.1) is 25.0 Å². The molecule has 29 heavy (non-hydrogen) atoms. The van der Waals surface area contributed by atoms with Crippen LogP contribution in [-0.4, -0.2) is 33.8 Å². The van der Waals surface area contributed by atoms with E-state index in [-0.39, 0.29) is 17.9 Å². The van der Waals surface area contributed by atoms with Gasteiger partial charge in [0.2, 0.25) is 5.78 Å². The summed E-state index contributed by atoms with van der Waals surface area (Å²) >= 11 is 0. The minimum atomic E-state index is -0.829. The molecule has 0 fully saturated rings. The lowest BCUT2D eigenvalue weighted by Gasteiger charge is -2.27. The van der Waals surface area contributed by atoms with Crippen LogP contribution < -0.4 is 4.74 Å². The number of aliphatic hydroxyl groups is 1. The summed E-state index contributed by atoms with van der Waals surface area (Å²) in [5.74, 6) is -1.22. The third-order valence-electron chi connectivity index (χ3n) is 4.83. The molecular formula is C22H18N2O5. The largest absolute Gasteiger partial charge is 0.503 e. The summed E-state index contributed by atoms with van der Waals surface area (Å²) in [4.78, 5) is 31.5. The molecule has 1 atom stereocenters. The highest BCUT2D eigenvalue weighted by atomic mass is 16.5. The van der Waals surface area contributed by atoms with Gasteiger partial charge < -0.3 is 19.2 Å². The maximum atomic E-state index is 13.1. The van der Waals surface area contributed by atoms with Crippen molar-refractivity contribution in [1.29, 1.82) is 0 Å². The minimum Gasteiger partial charge on any atom is -0.503 e. The van der Waals surface area contributed by atoms with E-state index in [0.29, 0.717) is 11.3 Å². The fourth-order valence-electron chi connectivity index (χ4n) is 3.49. The maximum absolute atomic E-state index is 13.1. The Morgan fingerprint density at radius 1 is 1.17 bits per heavy atom. The lowest BCUT2D eigenvalue weighted by atomic mass is 9.94. The number of para-hydroxylation sites is 1. The number of amides is 1. The molecule has 1 amide bonds. The number of hydrogen-bond donors (Lipinski definition) is 1. The van der Waals surface area contributed by atoms with Crippen LogP contribution in [0.2, 0.25) is 0 Å². The van der Waals surface area contributed by atoms with E-state index in [1.807, 2.05) is 0 Å². The minimum absolute atomic E-state index is 0.0384. The second-order valence-corrected chi connectivity index (χ2v) is 6.50. The molecule has 3 aromatic rings. The molecule has 146 valence electrons. The number of carbonyl (C=O) groups excluding carboxylic acids is 2. The number of benzene rings is 1. The van der Waals surface area contributed by atoms with Crippen molar-refractivity contribution in [2.75, 3.05) is 7.11 Å². The predicted molar refractivity (Wildman–Crippen MR) is 103 cm³/mol. The lowest BCUT2D eigenvalue weighted by Crippen LogP contribution is -2.31. The number of methoxy groups -OCH3 is 1. The van der Waals surface area contributed by atoms with Crippen molar-refractivity contribution in [1.82, 2.24) is 9.88 Å². The Kier molecular flexibility index (Phi) is 4.87. The molecule has 7 heteroatoms. The van der Waals surface area contributed by atoms with E-state index in [1.54, 1.807) is 54.9 Å². The molecule has 0 aliphatic carbocycles. The van der Waals surface area contributed by atoms with E-state index in [0.717, 1.165) is 5.56 Å². The average Bonchev–Trinajstić information content (AvgIpc) is 3.37. The Hall–Kier alpha value is -3.87. The van der Waals surface area contributed by atoms with Crippen LogP contribution in [0.4, 0.5) is 0 Å². The van der Waals surface area contributed by atoms with Crippen LogP contribution in [0, 0.1) is 0 Å². The first-order chi connectivity index (χ1) is 14.1. The Morgan fingerprint density at radius 2 is 1.93 bits per heavy atom. The predicted octanol–water partition coefficient (Wildman–Crippen LogP) is 3.46. The maximum Gasteiger partial charge on any atom is 0.290 e. The van der Waals surface area contributed by atoms with Gasteiger partial charge in [0.25, 0.3) is 5.91 Å². The fourth-order valence-corrected chi connectivity index (χ4v) is 3.49. The number of nitrogens with zero attached hydrogens (tertiary/aromatic N) is 2. The van der Waals surface area contributed by atoms with Gasteiger partial charge in [-0.1, -0.05) is 18.2 Å². The smallest absolute Gasteiger partial charge is 0.290 e. The first-order valence-corrected chi connectivity index (χ1v) is 8.96. The molecule has 4 rings (SSSR count). The molecule has 0 bridgehead atoms. The molecule has 0 spiro atoms. The van der Waals surface area contributed by atoms with Gasteiger partial charge in [0, 0.05) is 24.5 Å². The SMILES string of the molecule is COc1ccccc1C1C(C(=O)c2ccco2)=C(O)C(=O)N1Cc1ccncc1. The summed E-state index contributed by atoms with van der Waals surface area (Å²) in [5, 5.41) is 10.6. The van der Waals surface area contributed by atoms with Gasteiger partial charge in [-0.05, 0) is 35.9 Å². The Labute approximate surface area is 166 Å². The fraction of sp³-hybridized carbons (Fsp3) is 0.136. The number of hydrogen-bond acceptors (Lipinski definition) is 6. The topological polar surface area (TPSA) is 92.9 Å². The molecular weight excluding hydrogens is 372 g/mol. The molecule has 1 N–H and O–H groups in total. The highest BCUT2D eigenvalue weighted by molar-refractivity contribution is 6.15. The number of aliphatic hydroxyl groups excluding tert-OH is 1. The zero-order valence-corrected chi connectivity index (χ0v) is 15.6. The molecule has 1 aliphatic heterocycles. The van der Waals surface area contributed by atoms with Gasteiger partial charge in [-0.15, -0.1) is 0 Å². The van der Waals surface area contributed by atoms with Gasteiger partial charge in [-0.25, -0.2) is 0 Å². The third-order valence-corrected chi connectivity index (χ3v) is 4.83. The number of rotatable bonds is 6. The number of Topliss-reactive ketones (excluding diaryl/α,β-unsaturated/α-hetero) is 1. The molecule has 0 saturated carbocycles. The molecule has 1 unspecified atom stereocenters. The van der Waals surface area contributed by atoms with Crippen molar-refractivity contribution in [3.8, 4) is 5.75 Å². The van der Waals surface area contributed by atoms with Crippen LogP contribution in [0.3, 0.4) is 0 Å². The van der Waals surface area contributed by atoms with E-state index in [9.17, 15) is 14.7 Å². The second-order valence-electron chi connectivity index (χ2n) is 6.50. The van der Waals surface area contributed by atoms with Gasteiger partial charge in [0.1, 0.15) is 5.75 Å². The molecule has 2 aromatic heterocycles. The van der Waals surface area contributed by atoms with Gasteiger partial charge in [-0.2, -0.15) is 0 Å². The van der Waals surface area contributed by atoms with E-state index in [1.165, 1.54) is 24.3 Å². The lowest BCUT2D eigenvalue weighted by molar-refractivity contribution is -0.130. The molecule has 3 heterocycles. The Bertz CT molecular complexity index is 1070. The monoisotopic (exact) mass is 390 g/mol. The zero-order valence-electron chi connectivity index (χ0n) is 15.6. The van der Waals surface area contributed by atoms with Crippen molar-refractivity contribution < 1.29 is 23.8 Å². The summed E-state index contributed by atoms with van der Waals surface area (Å²) in [7, 11) is 1.51. The highest BCUT2D eigenvalue weighted by Gasteiger charge is 2.45. The zero-order chi connectivity index (χ0) is 20.4. The van der Waals surface area contributed by atoms with Gasteiger partial charge in [0.15, 0.2) is 11.5 Å².